The average Bonchev–Trinajstić information content (AvgIpc) is 2.49. The van der Waals surface area contributed by atoms with Crippen molar-refractivity contribution in [3.05, 3.63) is 53.6 Å². The lowest BCUT2D eigenvalue weighted by Crippen LogP contribution is -2.22. The molecule has 1 N–H and O–H groups in total. The molecule has 0 fully saturated rings. The van der Waals surface area contributed by atoms with E-state index >= 15 is 0 Å². The van der Waals surface area contributed by atoms with Crippen LogP contribution in [0.2, 0.25) is 5.02 Å². The number of hydrogen-bond donors (Lipinski definition) is 1. The predicted octanol–water partition coefficient (Wildman–Crippen LogP) is 4.47. The van der Waals surface area contributed by atoms with Crippen molar-refractivity contribution < 1.29 is 9.53 Å². The van der Waals surface area contributed by atoms with E-state index in [0.717, 1.165) is 10.6 Å². The molecule has 0 bridgehead atoms. The third-order valence-electron chi connectivity index (χ3n) is 2.83. The fourth-order valence-corrected chi connectivity index (χ4v) is 2.71. The van der Waals surface area contributed by atoms with Crippen molar-refractivity contribution in [1.29, 1.82) is 0 Å². The van der Waals surface area contributed by atoms with Crippen molar-refractivity contribution in [3.63, 3.8) is 0 Å². The quantitative estimate of drug-likeness (QED) is 0.826. The van der Waals surface area contributed by atoms with Crippen LogP contribution in [0.1, 0.15) is 6.92 Å². The fourth-order valence-electron chi connectivity index (χ4n) is 1.72. The summed E-state index contributed by atoms with van der Waals surface area (Å²) in [5, 5.41) is 3.36. The summed E-state index contributed by atoms with van der Waals surface area (Å²) in [6.07, 6.45) is 0. The Morgan fingerprint density at radius 2 is 1.95 bits per heavy atom. The molecular formula is C16H16ClNO2S. The molecule has 2 aromatic rings. The lowest BCUT2D eigenvalue weighted by atomic mass is 10.3. The van der Waals surface area contributed by atoms with Crippen LogP contribution in [0.25, 0.3) is 0 Å². The fraction of sp³-hybridized carbons (Fsp3) is 0.188. The number of nitrogens with one attached hydrogen (secondary N) is 1. The molecule has 21 heavy (non-hydrogen) atoms. The molecule has 0 aromatic heterocycles. The SMILES string of the molecule is COc1cccc(NC(=O)[C@H](C)Sc2ccc(Cl)cc2)c1. The zero-order chi connectivity index (χ0) is 15.2. The topological polar surface area (TPSA) is 38.3 Å². The summed E-state index contributed by atoms with van der Waals surface area (Å²) >= 11 is 7.33. The van der Waals surface area contributed by atoms with Crippen LogP contribution in [0, 0.1) is 0 Å². The van der Waals surface area contributed by atoms with Crippen molar-refractivity contribution in [1.82, 2.24) is 0 Å². The number of halogens is 1. The third-order valence-corrected chi connectivity index (χ3v) is 4.20. The molecule has 1 amide bonds. The average molecular weight is 322 g/mol. The van der Waals surface area contributed by atoms with Gasteiger partial charge in [-0.2, -0.15) is 0 Å². The number of methoxy groups -OCH3 is 1. The number of ether oxygens (including phenoxy) is 1. The largest absolute Gasteiger partial charge is 0.497 e. The van der Waals surface area contributed by atoms with E-state index in [1.807, 2.05) is 49.4 Å². The van der Waals surface area contributed by atoms with E-state index < -0.39 is 0 Å². The Morgan fingerprint density at radius 3 is 2.62 bits per heavy atom. The molecule has 2 rings (SSSR count). The number of rotatable bonds is 5. The van der Waals surface area contributed by atoms with Crippen molar-refractivity contribution in [2.45, 2.75) is 17.1 Å². The second-order valence-electron chi connectivity index (χ2n) is 4.44. The highest BCUT2D eigenvalue weighted by molar-refractivity contribution is 8.00. The van der Waals surface area contributed by atoms with Gasteiger partial charge in [0.2, 0.25) is 5.91 Å². The number of hydrogen-bond acceptors (Lipinski definition) is 3. The van der Waals surface area contributed by atoms with Gasteiger partial charge in [0.1, 0.15) is 5.75 Å². The van der Waals surface area contributed by atoms with Gasteiger partial charge in [0.25, 0.3) is 0 Å². The first-order valence-electron chi connectivity index (χ1n) is 6.45. The first kappa shape index (κ1) is 15.7. The number of benzene rings is 2. The van der Waals surface area contributed by atoms with Crippen LogP contribution in [0.15, 0.2) is 53.4 Å². The van der Waals surface area contributed by atoms with Crippen LogP contribution < -0.4 is 10.1 Å². The van der Waals surface area contributed by atoms with E-state index in [9.17, 15) is 4.79 Å². The van der Waals surface area contributed by atoms with Gasteiger partial charge in [-0.1, -0.05) is 17.7 Å². The highest BCUT2D eigenvalue weighted by atomic mass is 35.5. The number of anilines is 1. The molecule has 0 aliphatic rings. The molecule has 0 saturated heterocycles. The molecular weight excluding hydrogens is 306 g/mol. The summed E-state index contributed by atoms with van der Waals surface area (Å²) in [6.45, 7) is 1.87. The number of carbonyl (C=O) groups excluding carboxylic acids is 1. The standard InChI is InChI=1S/C16H16ClNO2S/c1-11(21-15-8-6-12(17)7-9-15)16(19)18-13-4-3-5-14(10-13)20-2/h3-11H,1-2H3,(H,18,19)/t11-/m0/s1. The lowest BCUT2D eigenvalue weighted by molar-refractivity contribution is -0.115. The first-order valence-corrected chi connectivity index (χ1v) is 7.71. The third kappa shape index (κ3) is 4.69. The van der Waals surface area contributed by atoms with Crippen molar-refractivity contribution in [2.75, 3.05) is 12.4 Å². The number of thioether (sulfide) groups is 1. The van der Waals surface area contributed by atoms with Gasteiger partial charge in [0.15, 0.2) is 0 Å². The first-order chi connectivity index (χ1) is 10.1. The van der Waals surface area contributed by atoms with Crippen LogP contribution in [0.3, 0.4) is 0 Å². The van der Waals surface area contributed by atoms with Gasteiger partial charge in [0.05, 0.1) is 12.4 Å². The molecule has 0 aliphatic carbocycles. The molecule has 110 valence electrons. The van der Waals surface area contributed by atoms with Crippen LogP contribution in [0.5, 0.6) is 5.75 Å². The molecule has 0 saturated carbocycles. The van der Waals surface area contributed by atoms with Crippen molar-refractivity contribution in [3.8, 4) is 5.75 Å². The predicted molar refractivity (Wildman–Crippen MR) is 88.4 cm³/mol. The van der Waals surface area contributed by atoms with Gasteiger partial charge in [0, 0.05) is 21.7 Å². The van der Waals surface area contributed by atoms with E-state index in [1.54, 1.807) is 13.2 Å². The van der Waals surface area contributed by atoms with Crippen molar-refractivity contribution in [2.24, 2.45) is 0 Å². The Balaban J connectivity index is 1.97. The maximum absolute atomic E-state index is 12.2. The van der Waals surface area contributed by atoms with Crippen LogP contribution in [-0.2, 0) is 4.79 Å². The minimum atomic E-state index is -0.211. The van der Waals surface area contributed by atoms with Gasteiger partial charge in [-0.15, -0.1) is 11.8 Å². The molecule has 5 heteroatoms. The Kier molecular flexibility index (Phi) is 5.53. The summed E-state index contributed by atoms with van der Waals surface area (Å²) < 4.78 is 5.13. The summed E-state index contributed by atoms with van der Waals surface area (Å²) in [6, 6.07) is 14.7. The van der Waals surface area contributed by atoms with E-state index in [-0.39, 0.29) is 11.2 Å². The van der Waals surface area contributed by atoms with Crippen LogP contribution >= 0.6 is 23.4 Å². The number of carbonyl (C=O) groups is 1. The van der Waals surface area contributed by atoms with Gasteiger partial charge >= 0.3 is 0 Å². The summed E-state index contributed by atoms with van der Waals surface area (Å²) in [4.78, 5) is 13.2. The zero-order valence-corrected chi connectivity index (χ0v) is 13.4. The van der Waals surface area contributed by atoms with E-state index in [4.69, 9.17) is 16.3 Å². The molecule has 0 spiro atoms. The van der Waals surface area contributed by atoms with Gasteiger partial charge in [-0.25, -0.2) is 0 Å². The zero-order valence-electron chi connectivity index (χ0n) is 11.8. The van der Waals surface area contributed by atoms with Gasteiger partial charge < -0.3 is 10.1 Å². The molecule has 0 heterocycles. The highest BCUT2D eigenvalue weighted by Gasteiger charge is 2.14. The minimum absolute atomic E-state index is 0.0526. The second-order valence-corrected chi connectivity index (χ2v) is 6.29. The van der Waals surface area contributed by atoms with E-state index in [1.165, 1.54) is 11.8 Å². The second kappa shape index (κ2) is 7.38. The smallest absolute Gasteiger partial charge is 0.237 e. The monoisotopic (exact) mass is 321 g/mol. The van der Waals surface area contributed by atoms with Crippen LogP contribution in [0.4, 0.5) is 5.69 Å². The molecule has 0 aliphatic heterocycles. The summed E-state index contributed by atoms with van der Waals surface area (Å²) in [5.74, 6) is 0.661. The Labute approximate surface area is 133 Å². The molecule has 3 nitrogen and oxygen atoms in total. The van der Waals surface area contributed by atoms with Gasteiger partial charge in [-0.05, 0) is 43.3 Å². The highest BCUT2D eigenvalue weighted by Crippen LogP contribution is 2.26. The molecule has 1 atom stereocenters. The number of amides is 1. The Hall–Kier alpha value is -1.65. The Morgan fingerprint density at radius 1 is 1.24 bits per heavy atom. The normalized spacial score (nSPS) is 11.8. The molecule has 2 aromatic carbocycles. The molecule has 0 unspecified atom stereocenters. The summed E-state index contributed by atoms with van der Waals surface area (Å²) in [7, 11) is 1.60. The van der Waals surface area contributed by atoms with Crippen molar-refractivity contribution >= 4 is 35.0 Å². The lowest BCUT2D eigenvalue weighted by Gasteiger charge is -2.12. The molecule has 0 radical (unpaired) electrons. The van der Waals surface area contributed by atoms with Crippen LogP contribution in [-0.4, -0.2) is 18.3 Å². The maximum atomic E-state index is 12.2. The summed E-state index contributed by atoms with van der Waals surface area (Å²) in [5.41, 5.74) is 0.725. The maximum Gasteiger partial charge on any atom is 0.237 e. The minimum Gasteiger partial charge on any atom is -0.497 e. The Bertz CT molecular complexity index is 616. The van der Waals surface area contributed by atoms with Gasteiger partial charge in [-0.3, -0.25) is 4.79 Å². The van der Waals surface area contributed by atoms with E-state index in [2.05, 4.69) is 5.32 Å². The van der Waals surface area contributed by atoms with E-state index in [0.29, 0.717) is 10.8 Å².